The number of rotatable bonds is 1. The Hall–Kier alpha value is -1.18. The highest BCUT2D eigenvalue weighted by Gasteiger charge is 2.57. The maximum Gasteiger partial charge on any atom is 0.155 e. The van der Waals surface area contributed by atoms with Gasteiger partial charge in [0.25, 0.3) is 0 Å². The third kappa shape index (κ3) is 1.99. The molecule has 0 N–H and O–H groups in total. The van der Waals surface area contributed by atoms with Crippen LogP contribution in [0.3, 0.4) is 0 Å². The van der Waals surface area contributed by atoms with Gasteiger partial charge in [0.15, 0.2) is 5.78 Å². The predicted molar refractivity (Wildman–Crippen MR) is 90.8 cm³/mol. The number of allylic oxidation sites excluding steroid dienone is 4. The monoisotopic (exact) mass is 312 g/mol. The Labute approximate surface area is 139 Å². The van der Waals surface area contributed by atoms with E-state index < -0.39 is 0 Å². The van der Waals surface area contributed by atoms with E-state index in [1.54, 1.807) is 6.92 Å². The highest BCUT2D eigenvalue weighted by Crippen LogP contribution is 2.64. The van der Waals surface area contributed by atoms with Crippen molar-refractivity contribution in [2.24, 2.45) is 34.5 Å². The molecular weight excluding hydrogens is 284 g/mol. The number of ketones is 2. The molecule has 0 aliphatic heterocycles. The zero-order valence-electron chi connectivity index (χ0n) is 14.6. The standard InChI is InChI=1S/C21H28O2/c1-13(22)17-6-7-18-16-5-4-14-12-15(23)8-10-20(14,2)19(16)9-11-21(17,18)3/h9,11-12,16-19H,4-8,10H2,1-3H3. The summed E-state index contributed by atoms with van der Waals surface area (Å²) in [5, 5.41) is 0. The second-order valence-corrected chi connectivity index (χ2v) is 8.85. The van der Waals surface area contributed by atoms with E-state index in [2.05, 4.69) is 26.0 Å². The molecule has 0 saturated heterocycles. The van der Waals surface area contributed by atoms with Crippen molar-refractivity contribution in [2.75, 3.05) is 0 Å². The highest BCUT2D eigenvalue weighted by molar-refractivity contribution is 5.91. The minimum Gasteiger partial charge on any atom is -0.300 e. The van der Waals surface area contributed by atoms with Gasteiger partial charge in [-0.15, -0.1) is 0 Å². The van der Waals surface area contributed by atoms with Gasteiger partial charge in [-0.3, -0.25) is 9.59 Å². The fourth-order valence-electron chi connectivity index (χ4n) is 6.59. The van der Waals surface area contributed by atoms with Crippen LogP contribution in [0.2, 0.25) is 0 Å². The van der Waals surface area contributed by atoms with Crippen LogP contribution in [0.15, 0.2) is 23.8 Å². The summed E-state index contributed by atoms with van der Waals surface area (Å²) in [5.74, 6) is 2.77. The Kier molecular flexibility index (Phi) is 3.28. The molecule has 124 valence electrons. The SMILES string of the molecule is CC(=O)C1CCC2C3CCC4=CC(=O)CCC4(C)C3C=CC12C. The maximum absolute atomic E-state index is 12.1. The van der Waals surface area contributed by atoms with Crippen LogP contribution in [0, 0.1) is 34.5 Å². The zero-order valence-corrected chi connectivity index (χ0v) is 14.6. The minimum atomic E-state index is 0.0645. The van der Waals surface area contributed by atoms with Gasteiger partial charge in [0, 0.05) is 12.3 Å². The van der Waals surface area contributed by atoms with Crippen molar-refractivity contribution in [1.82, 2.24) is 0 Å². The number of carbonyl (C=O) groups excluding carboxylic acids is 2. The Morgan fingerprint density at radius 1 is 1.17 bits per heavy atom. The topological polar surface area (TPSA) is 34.1 Å². The van der Waals surface area contributed by atoms with Crippen LogP contribution in [-0.4, -0.2) is 11.6 Å². The van der Waals surface area contributed by atoms with Crippen LogP contribution in [0.1, 0.15) is 59.3 Å². The average Bonchev–Trinajstić information content (AvgIpc) is 2.85. The molecule has 0 aromatic heterocycles. The number of Topliss-reactive ketones (excluding diaryl/α,β-unsaturated/α-hetero) is 1. The Bertz CT molecular complexity index is 628. The Balaban J connectivity index is 1.74. The van der Waals surface area contributed by atoms with Crippen LogP contribution in [0.4, 0.5) is 0 Å². The lowest BCUT2D eigenvalue weighted by Crippen LogP contribution is -2.48. The minimum absolute atomic E-state index is 0.0645. The van der Waals surface area contributed by atoms with Crippen LogP contribution in [0.25, 0.3) is 0 Å². The van der Waals surface area contributed by atoms with E-state index in [0.717, 1.165) is 19.3 Å². The summed E-state index contributed by atoms with van der Waals surface area (Å²) in [6.07, 6.45) is 13.0. The van der Waals surface area contributed by atoms with Gasteiger partial charge in [0.05, 0.1) is 0 Å². The molecule has 2 saturated carbocycles. The highest BCUT2D eigenvalue weighted by atomic mass is 16.1. The summed E-state index contributed by atoms with van der Waals surface area (Å²) in [6, 6.07) is 0. The summed E-state index contributed by atoms with van der Waals surface area (Å²) in [7, 11) is 0. The van der Waals surface area contributed by atoms with Crippen molar-refractivity contribution in [3.63, 3.8) is 0 Å². The number of carbonyl (C=O) groups is 2. The lowest BCUT2D eigenvalue weighted by molar-refractivity contribution is -0.124. The van der Waals surface area contributed by atoms with Gasteiger partial charge in [-0.25, -0.2) is 0 Å². The number of hydrogen-bond acceptors (Lipinski definition) is 2. The van der Waals surface area contributed by atoms with E-state index in [4.69, 9.17) is 0 Å². The van der Waals surface area contributed by atoms with Crippen molar-refractivity contribution in [3.05, 3.63) is 23.8 Å². The van der Waals surface area contributed by atoms with Crippen molar-refractivity contribution in [3.8, 4) is 0 Å². The average molecular weight is 312 g/mol. The smallest absolute Gasteiger partial charge is 0.155 e. The third-order valence-corrected chi connectivity index (χ3v) is 7.89. The van der Waals surface area contributed by atoms with E-state index in [1.807, 2.05) is 6.08 Å². The van der Waals surface area contributed by atoms with Crippen molar-refractivity contribution >= 4 is 11.6 Å². The Morgan fingerprint density at radius 3 is 2.70 bits per heavy atom. The van der Waals surface area contributed by atoms with Crippen LogP contribution >= 0.6 is 0 Å². The van der Waals surface area contributed by atoms with Gasteiger partial charge >= 0.3 is 0 Å². The van der Waals surface area contributed by atoms with E-state index in [-0.39, 0.29) is 16.7 Å². The largest absolute Gasteiger partial charge is 0.300 e. The van der Waals surface area contributed by atoms with Gasteiger partial charge in [-0.2, -0.15) is 0 Å². The first kappa shape index (κ1) is 15.4. The second kappa shape index (κ2) is 4.91. The number of hydrogen-bond donors (Lipinski definition) is 0. The quantitative estimate of drug-likeness (QED) is 0.668. The van der Waals surface area contributed by atoms with Gasteiger partial charge in [-0.05, 0) is 73.7 Å². The lowest BCUT2D eigenvalue weighted by Gasteiger charge is -2.55. The molecule has 0 spiro atoms. The van der Waals surface area contributed by atoms with Crippen LogP contribution in [-0.2, 0) is 9.59 Å². The molecule has 6 unspecified atom stereocenters. The van der Waals surface area contributed by atoms with E-state index in [0.29, 0.717) is 35.7 Å². The summed E-state index contributed by atoms with van der Waals surface area (Å²) >= 11 is 0. The molecule has 0 bridgehead atoms. The summed E-state index contributed by atoms with van der Waals surface area (Å²) in [5.41, 5.74) is 1.63. The molecule has 0 amide bonds. The van der Waals surface area contributed by atoms with Gasteiger partial charge in [0.1, 0.15) is 5.78 Å². The molecule has 2 heteroatoms. The molecule has 0 aromatic carbocycles. The normalized spacial score (nSPS) is 48.3. The van der Waals surface area contributed by atoms with Crippen molar-refractivity contribution < 1.29 is 9.59 Å². The Morgan fingerprint density at radius 2 is 1.96 bits per heavy atom. The first-order valence-electron chi connectivity index (χ1n) is 9.30. The molecule has 0 heterocycles. The zero-order chi connectivity index (χ0) is 16.4. The second-order valence-electron chi connectivity index (χ2n) is 8.85. The summed E-state index contributed by atoms with van der Waals surface area (Å²) < 4.78 is 0. The lowest BCUT2D eigenvalue weighted by atomic mass is 9.49. The van der Waals surface area contributed by atoms with Gasteiger partial charge < -0.3 is 0 Å². The van der Waals surface area contributed by atoms with E-state index in [1.165, 1.54) is 18.4 Å². The molecule has 0 radical (unpaired) electrons. The summed E-state index contributed by atoms with van der Waals surface area (Å²) in [6.45, 7) is 6.47. The molecule has 2 fully saturated rings. The van der Waals surface area contributed by atoms with Gasteiger partial charge in [0.2, 0.25) is 0 Å². The van der Waals surface area contributed by atoms with Crippen molar-refractivity contribution in [1.29, 1.82) is 0 Å². The maximum atomic E-state index is 12.1. The fourth-order valence-corrected chi connectivity index (χ4v) is 6.59. The molecular formula is C21H28O2. The predicted octanol–water partition coefficient (Wildman–Crippen LogP) is 4.50. The van der Waals surface area contributed by atoms with E-state index in [9.17, 15) is 9.59 Å². The van der Waals surface area contributed by atoms with Crippen LogP contribution in [0.5, 0.6) is 0 Å². The first-order chi connectivity index (χ1) is 10.9. The molecule has 23 heavy (non-hydrogen) atoms. The molecule has 4 aliphatic carbocycles. The molecule has 0 aromatic rings. The van der Waals surface area contributed by atoms with E-state index >= 15 is 0 Å². The molecule has 4 aliphatic rings. The van der Waals surface area contributed by atoms with Crippen LogP contribution < -0.4 is 0 Å². The van der Waals surface area contributed by atoms with Crippen molar-refractivity contribution in [2.45, 2.75) is 59.3 Å². The number of fused-ring (bicyclic) bond motifs is 5. The first-order valence-corrected chi connectivity index (χ1v) is 9.30. The molecule has 2 nitrogen and oxygen atoms in total. The fraction of sp³-hybridized carbons (Fsp3) is 0.714. The molecule has 6 atom stereocenters. The van der Waals surface area contributed by atoms with Gasteiger partial charge in [-0.1, -0.05) is 31.6 Å². The summed E-state index contributed by atoms with van der Waals surface area (Å²) in [4.78, 5) is 24.0. The molecule has 4 rings (SSSR count). The third-order valence-electron chi connectivity index (χ3n) is 7.89.